The van der Waals surface area contributed by atoms with Gasteiger partial charge in [-0.15, -0.1) is 10.2 Å². The van der Waals surface area contributed by atoms with E-state index in [1.807, 2.05) is 36.4 Å². The summed E-state index contributed by atoms with van der Waals surface area (Å²) in [5, 5.41) is 13.1. The van der Waals surface area contributed by atoms with Gasteiger partial charge in [0, 0.05) is 10.6 Å². The Morgan fingerprint density at radius 3 is 2.72 bits per heavy atom. The molecule has 0 N–H and O–H groups in total. The zero-order chi connectivity index (χ0) is 19.6. The number of rotatable bonds is 5. The van der Waals surface area contributed by atoms with Crippen molar-refractivity contribution >= 4 is 23.4 Å². The molecule has 4 aromatic rings. The average Bonchev–Trinajstić information content (AvgIpc) is 3.42. The Labute approximate surface area is 174 Å². The van der Waals surface area contributed by atoms with E-state index < -0.39 is 6.10 Å². The maximum Gasteiger partial charge on any atom is 0.277 e. The highest BCUT2D eigenvalue weighted by molar-refractivity contribution is 7.98. The molecule has 29 heavy (non-hydrogen) atoms. The Hall–Kier alpha value is -3.04. The van der Waals surface area contributed by atoms with Gasteiger partial charge in [-0.1, -0.05) is 40.7 Å². The van der Waals surface area contributed by atoms with Crippen LogP contribution in [0.25, 0.3) is 11.5 Å². The topological polar surface area (TPSA) is 96.3 Å². The van der Waals surface area contributed by atoms with Gasteiger partial charge in [0.1, 0.15) is 6.61 Å². The molecule has 5 rings (SSSR count). The van der Waals surface area contributed by atoms with Crippen LogP contribution in [0.1, 0.15) is 17.8 Å². The maximum absolute atomic E-state index is 5.89. The zero-order valence-corrected chi connectivity index (χ0v) is 16.4. The Kier molecular flexibility index (Phi) is 4.82. The molecule has 0 fully saturated rings. The molecule has 0 spiro atoms. The quantitative estimate of drug-likeness (QED) is 0.423. The first-order chi connectivity index (χ1) is 14.2. The van der Waals surface area contributed by atoms with E-state index in [4.69, 9.17) is 30.0 Å². The lowest BCUT2D eigenvalue weighted by Gasteiger charge is -2.23. The van der Waals surface area contributed by atoms with Crippen LogP contribution >= 0.6 is 23.4 Å². The van der Waals surface area contributed by atoms with Crippen LogP contribution in [0, 0.1) is 0 Å². The number of para-hydroxylation sites is 2. The van der Waals surface area contributed by atoms with E-state index in [0.717, 1.165) is 5.56 Å². The maximum atomic E-state index is 5.89. The van der Waals surface area contributed by atoms with E-state index in [-0.39, 0.29) is 0 Å². The molecule has 146 valence electrons. The second-order valence-corrected chi connectivity index (χ2v) is 7.44. The highest BCUT2D eigenvalue weighted by Crippen LogP contribution is 2.36. The third-order valence-electron chi connectivity index (χ3n) is 4.09. The van der Waals surface area contributed by atoms with Gasteiger partial charge in [-0.2, -0.15) is 4.98 Å². The number of benzene rings is 2. The first kappa shape index (κ1) is 18.0. The summed E-state index contributed by atoms with van der Waals surface area (Å²) in [5.41, 5.74) is 0.799. The molecule has 0 radical (unpaired) electrons. The Morgan fingerprint density at radius 1 is 1.03 bits per heavy atom. The second-order valence-electron chi connectivity index (χ2n) is 6.08. The molecule has 2 aromatic carbocycles. The lowest BCUT2D eigenvalue weighted by atomic mass is 10.2. The summed E-state index contributed by atoms with van der Waals surface area (Å²) in [4.78, 5) is 4.37. The summed E-state index contributed by atoms with van der Waals surface area (Å²) in [6.45, 7) is 0.304. The third kappa shape index (κ3) is 3.92. The monoisotopic (exact) mass is 428 g/mol. The SMILES string of the molecule is Clc1ccc(-c2nc(CSc3nnc([C@@H]4COc5ccccc5O4)o3)no2)cc1. The Balaban J connectivity index is 1.22. The largest absolute Gasteiger partial charge is 0.485 e. The molecule has 10 heteroatoms. The van der Waals surface area contributed by atoms with Gasteiger partial charge in [0.15, 0.2) is 17.3 Å². The van der Waals surface area contributed by atoms with Crippen LogP contribution in [-0.4, -0.2) is 26.9 Å². The van der Waals surface area contributed by atoms with Crippen molar-refractivity contribution < 1.29 is 18.4 Å². The van der Waals surface area contributed by atoms with Crippen LogP contribution < -0.4 is 9.47 Å². The van der Waals surface area contributed by atoms with Gasteiger partial charge in [0.05, 0.1) is 5.75 Å². The molecule has 0 unspecified atom stereocenters. The molecule has 8 nitrogen and oxygen atoms in total. The fraction of sp³-hybridized carbons (Fsp3) is 0.158. The van der Waals surface area contributed by atoms with Crippen molar-refractivity contribution in [3.8, 4) is 23.0 Å². The minimum Gasteiger partial charge on any atom is -0.485 e. The van der Waals surface area contributed by atoms with Crippen molar-refractivity contribution in [1.29, 1.82) is 0 Å². The molecule has 0 amide bonds. The number of ether oxygens (including phenoxy) is 2. The van der Waals surface area contributed by atoms with Crippen molar-refractivity contribution in [3.05, 3.63) is 65.3 Å². The fourth-order valence-corrected chi connectivity index (χ4v) is 3.44. The van der Waals surface area contributed by atoms with Gasteiger partial charge in [-0.3, -0.25) is 0 Å². The van der Waals surface area contributed by atoms with Crippen LogP contribution in [0.3, 0.4) is 0 Å². The summed E-state index contributed by atoms with van der Waals surface area (Å²) in [7, 11) is 0. The van der Waals surface area contributed by atoms with Gasteiger partial charge in [-0.25, -0.2) is 0 Å². The van der Waals surface area contributed by atoms with Crippen LogP contribution in [-0.2, 0) is 5.75 Å². The number of hydrogen-bond donors (Lipinski definition) is 0. The van der Waals surface area contributed by atoms with Gasteiger partial charge < -0.3 is 18.4 Å². The third-order valence-corrected chi connectivity index (χ3v) is 5.16. The highest BCUT2D eigenvalue weighted by Gasteiger charge is 2.27. The first-order valence-electron chi connectivity index (χ1n) is 8.68. The molecule has 2 aromatic heterocycles. The van der Waals surface area contributed by atoms with E-state index in [2.05, 4.69) is 20.3 Å². The average molecular weight is 429 g/mol. The predicted octanol–water partition coefficient (Wildman–Crippen LogP) is 4.58. The van der Waals surface area contributed by atoms with E-state index >= 15 is 0 Å². The van der Waals surface area contributed by atoms with Crippen LogP contribution in [0.4, 0.5) is 0 Å². The van der Waals surface area contributed by atoms with Crippen molar-refractivity contribution in [1.82, 2.24) is 20.3 Å². The van der Waals surface area contributed by atoms with Crippen LogP contribution in [0.2, 0.25) is 5.02 Å². The lowest BCUT2D eigenvalue weighted by molar-refractivity contribution is 0.0686. The van der Waals surface area contributed by atoms with Crippen molar-refractivity contribution in [2.45, 2.75) is 17.1 Å². The van der Waals surface area contributed by atoms with Gasteiger partial charge in [-0.05, 0) is 36.4 Å². The van der Waals surface area contributed by atoms with Crippen molar-refractivity contribution in [2.24, 2.45) is 0 Å². The van der Waals surface area contributed by atoms with Crippen molar-refractivity contribution in [3.63, 3.8) is 0 Å². The molecule has 1 aliphatic heterocycles. The lowest BCUT2D eigenvalue weighted by Crippen LogP contribution is -2.21. The Bertz CT molecular complexity index is 1130. The molecule has 0 saturated heterocycles. The molecule has 3 heterocycles. The summed E-state index contributed by atoms with van der Waals surface area (Å²) in [6, 6.07) is 14.6. The van der Waals surface area contributed by atoms with Gasteiger partial charge in [0.25, 0.3) is 17.0 Å². The standard InChI is InChI=1S/C19H13ClN4O4S/c20-12-7-5-11(6-8-12)17-21-16(24-28-17)10-29-19-23-22-18(27-19)15-9-25-13-3-1-2-4-14(13)26-15/h1-8,15H,9-10H2/t15-/m0/s1. The van der Waals surface area contributed by atoms with Gasteiger partial charge >= 0.3 is 0 Å². The number of thioether (sulfide) groups is 1. The zero-order valence-electron chi connectivity index (χ0n) is 14.8. The van der Waals surface area contributed by atoms with Crippen LogP contribution in [0.15, 0.2) is 62.7 Å². The smallest absolute Gasteiger partial charge is 0.277 e. The molecule has 1 aliphatic rings. The molecule has 0 bridgehead atoms. The molecule has 0 saturated carbocycles. The summed E-state index contributed by atoms with van der Waals surface area (Å²) < 4.78 is 22.5. The minimum atomic E-state index is -0.451. The fourth-order valence-electron chi connectivity index (χ4n) is 2.70. The van der Waals surface area contributed by atoms with E-state index in [0.29, 0.717) is 51.7 Å². The molecule has 0 aliphatic carbocycles. The summed E-state index contributed by atoms with van der Waals surface area (Å²) in [6.07, 6.45) is -0.451. The highest BCUT2D eigenvalue weighted by atomic mass is 35.5. The number of nitrogens with zero attached hydrogens (tertiary/aromatic N) is 4. The summed E-state index contributed by atoms with van der Waals surface area (Å²) in [5.74, 6) is 3.07. The summed E-state index contributed by atoms with van der Waals surface area (Å²) >= 11 is 7.21. The number of fused-ring (bicyclic) bond motifs is 1. The van der Waals surface area contributed by atoms with Gasteiger partial charge in [0.2, 0.25) is 6.10 Å². The predicted molar refractivity (Wildman–Crippen MR) is 104 cm³/mol. The van der Waals surface area contributed by atoms with Crippen LogP contribution in [0.5, 0.6) is 11.5 Å². The molecule has 1 atom stereocenters. The van der Waals surface area contributed by atoms with E-state index in [1.165, 1.54) is 11.8 Å². The molecular weight excluding hydrogens is 416 g/mol. The Morgan fingerprint density at radius 2 is 1.86 bits per heavy atom. The number of aromatic nitrogens is 4. The van der Waals surface area contributed by atoms with E-state index in [1.54, 1.807) is 12.1 Å². The normalized spacial score (nSPS) is 15.4. The number of hydrogen-bond acceptors (Lipinski definition) is 9. The van der Waals surface area contributed by atoms with E-state index in [9.17, 15) is 0 Å². The molecular formula is C19H13ClN4O4S. The second kappa shape index (κ2) is 7.76. The van der Waals surface area contributed by atoms with Crippen molar-refractivity contribution in [2.75, 3.05) is 6.61 Å². The number of halogens is 1. The first-order valence-corrected chi connectivity index (χ1v) is 10.0. The minimum absolute atomic E-state index is 0.304.